The molecule has 1 amide bonds. The largest absolute Gasteiger partial charge is 0.328 e. The summed E-state index contributed by atoms with van der Waals surface area (Å²) in [6.07, 6.45) is 4.47. The maximum Gasteiger partial charge on any atom is 0.229 e. The quantitative estimate of drug-likeness (QED) is 0.786. The van der Waals surface area contributed by atoms with Crippen molar-refractivity contribution in [3.05, 3.63) is 23.8 Å². The number of amides is 1. The summed E-state index contributed by atoms with van der Waals surface area (Å²) < 4.78 is 25.3. The second kappa shape index (κ2) is 6.66. The monoisotopic (exact) mass is 325 g/mol. The minimum absolute atomic E-state index is 0.0654. The molecule has 122 valence electrons. The highest BCUT2D eigenvalue weighted by Crippen LogP contribution is 2.28. The van der Waals surface area contributed by atoms with Crippen molar-refractivity contribution >= 4 is 27.3 Å². The zero-order valence-corrected chi connectivity index (χ0v) is 13.7. The van der Waals surface area contributed by atoms with Gasteiger partial charge in [-0.1, -0.05) is 12.5 Å². The highest BCUT2D eigenvalue weighted by Gasteiger charge is 2.26. The van der Waals surface area contributed by atoms with Crippen molar-refractivity contribution in [2.45, 2.75) is 38.6 Å². The summed E-state index contributed by atoms with van der Waals surface area (Å²) >= 11 is 0. The van der Waals surface area contributed by atoms with E-state index in [1.165, 1.54) is 0 Å². The number of carbonyl (C=O) groups excluding carboxylic acids is 1. The maximum atomic E-state index is 12.4. The SMILES string of the molecule is Cc1ccc(NS(C)(=O)=O)c(NC(=O)C2CCCC(N)C2)c1. The Morgan fingerprint density at radius 2 is 2.00 bits per heavy atom. The van der Waals surface area contributed by atoms with E-state index in [1.54, 1.807) is 18.2 Å². The van der Waals surface area contributed by atoms with Gasteiger partial charge in [0.1, 0.15) is 0 Å². The molecule has 1 saturated carbocycles. The lowest BCUT2D eigenvalue weighted by molar-refractivity contribution is -0.120. The van der Waals surface area contributed by atoms with Crippen LogP contribution in [-0.2, 0) is 14.8 Å². The summed E-state index contributed by atoms with van der Waals surface area (Å²) in [4.78, 5) is 12.4. The van der Waals surface area contributed by atoms with Gasteiger partial charge in [-0.25, -0.2) is 8.42 Å². The van der Waals surface area contributed by atoms with E-state index < -0.39 is 10.0 Å². The standard InChI is InChI=1S/C15H23N3O3S/c1-10-6-7-13(18-22(2,20)21)14(8-10)17-15(19)11-4-3-5-12(16)9-11/h6-8,11-12,18H,3-5,9,16H2,1-2H3,(H,17,19). The molecule has 0 heterocycles. The minimum Gasteiger partial charge on any atom is -0.328 e. The van der Waals surface area contributed by atoms with Gasteiger partial charge in [0.15, 0.2) is 0 Å². The fourth-order valence-electron chi connectivity index (χ4n) is 2.75. The van der Waals surface area contributed by atoms with Crippen LogP contribution in [0.15, 0.2) is 18.2 Å². The first-order valence-corrected chi connectivity index (χ1v) is 9.28. The number of aryl methyl sites for hydroxylation is 1. The average Bonchev–Trinajstić information content (AvgIpc) is 2.40. The molecule has 0 aliphatic heterocycles. The number of hydrogen-bond acceptors (Lipinski definition) is 4. The molecule has 1 fully saturated rings. The van der Waals surface area contributed by atoms with E-state index in [1.807, 2.05) is 6.92 Å². The molecule has 2 unspecified atom stereocenters. The Balaban J connectivity index is 2.17. The van der Waals surface area contributed by atoms with Crippen LogP contribution in [0.5, 0.6) is 0 Å². The molecule has 0 radical (unpaired) electrons. The van der Waals surface area contributed by atoms with Crippen LogP contribution in [0.4, 0.5) is 11.4 Å². The Morgan fingerprint density at radius 1 is 1.27 bits per heavy atom. The van der Waals surface area contributed by atoms with Crippen LogP contribution in [0.1, 0.15) is 31.2 Å². The van der Waals surface area contributed by atoms with Gasteiger partial charge in [0, 0.05) is 12.0 Å². The molecule has 1 aromatic carbocycles. The van der Waals surface area contributed by atoms with E-state index >= 15 is 0 Å². The third-order valence-electron chi connectivity index (χ3n) is 3.81. The predicted octanol–water partition coefficient (Wildman–Crippen LogP) is 1.82. The first kappa shape index (κ1) is 16.8. The van der Waals surface area contributed by atoms with Gasteiger partial charge in [-0.2, -0.15) is 0 Å². The molecule has 0 spiro atoms. The van der Waals surface area contributed by atoms with E-state index in [0.29, 0.717) is 17.8 Å². The summed E-state index contributed by atoms with van der Waals surface area (Å²) in [5.41, 5.74) is 7.72. The molecule has 1 aliphatic carbocycles. The van der Waals surface area contributed by atoms with Gasteiger partial charge < -0.3 is 11.1 Å². The van der Waals surface area contributed by atoms with E-state index in [-0.39, 0.29) is 17.9 Å². The average molecular weight is 325 g/mol. The molecular formula is C15H23N3O3S. The molecule has 1 aromatic rings. The number of nitrogens with one attached hydrogen (secondary N) is 2. The third kappa shape index (κ3) is 4.71. The predicted molar refractivity (Wildman–Crippen MR) is 88.2 cm³/mol. The molecular weight excluding hydrogens is 302 g/mol. The topological polar surface area (TPSA) is 101 Å². The molecule has 4 N–H and O–H groups in total. The number of carbonyl (C=O) groups is 1. The second-order valence-electron chi connectivity index (χ2n) is 6.04. The fourth-order valence-corrected chi connectivity index (χ4v) is 3.33. The lowest BCUT2D eigenvalue weighted by Gasteiger charge is -2.26. The van der Waals surface area contributed by atoms with E-state index in [0.717, 1.165) is 31.1 Å². The van der Waals surface area contributed by atoms with Gasteiger partial charge in [-0.05, 0) is 43.9 Å². The van der Waals surface area contributed by atoms with Crippen LogP contribution in [0.2, 0.25) is 0 Å². The molecule has 6 nitrogen and oxygen atoms in total. The third-order valence-corrected chi connectivity index (χ3v) is 4.40. The van der Waals surface area contributed by atoms with Gasteiger partial charge in [0.25, 0.3) is 0 Å². The lowest BCUT2D eigenvalue weighted by Crippen LogP contribution is -2.34. The van der Waals surface area contributed by atoms with Crippen LogP contribution >= 0.6 is 0 Å². The van der Waals surface area contributed by atoms with Crippen molar-refractivity contribution < 1.29 is 13.2 Å². The van der Waals surface area contributed by atoms with Gasteiger partial charge in [0.2, 0.25) is 15.9 Å². The number of rotatable bonds is 4. The van der Waals surface area contributed by atoms with Gasteiger partial charge in [0.05, 0.1) is 17.6 Å². The number of sulfonamides is 1. The van der Waals surface area contributed by atoms with Crippen LogP contribution in [0.25, 0.3) is 0 Å². The van der Waals surface area contributed by atoms with Crippen molar-refractivity contribution in [3.8, 4) is 0 Å². The summed E-state index contributed by atoms with van der Waals surface area (Å²) in [7, 11) is -3.40. The number of benzene rings is 1. The van der Waals surface area contributed by atoms with Gasteiger partial charge in [-0.3, -0.25) is 9.52 Å². The second-order valence-corrected chi connectivity index (χ2v) is 7.78. The Labute approximate surface area is 131 Å². The highest BCUT2D eigenvalue weighted by molar-refractivity contribution is 7.92. The molecule has 2 atom stereocenters. The fraction of sp³-hybridized carbons (Fsp3) is 0.533. The Morgan fingerprint density at radius 3 is 2.64 bits per heavy atom. The lowest BCUT2D eigenvalue weighted by atomic mass is 9.85. The van der Waals surface area contributed by atoms with Gasteiger partial charge in [-0.15, -0.1) is 0 Å². The smallest absolute Gasteiger partial charge is 0.229 e. The summed E-state index contributed by atoms with van der Waals surface area (Å²) in [5, 5.41) is 2.84. The molecule has 0 aromatic heterocycles. The van der Waals surface area contributed by atoms with Crippen LogP contribution in [0.3, 0.4) is 0 Å². The zero-order chi connectivity index (χ0) is 16.3. The zero-order valence-electron chi connectivity index (χ0n) is 12.9. The number of nitrogens with two attached hydrogens (primary N) is 1. The Hall–Kier alpha value is -1.60. The van der Waals surface area contributed by atoms with Crippen molar-refractivity contribution in [2.24, 2.45) is 11.7 Å². The number of anilines is 2. The van der Waals surface area contributed by atoms with Crippen molar-refractivity contribution in [2.75, 3.05) is 16.3 Å². The Kier molecular flexibility index (Phi) is 5.08. The molecule has 7 heteroatoms. The van der Waals surface area contributed by atoms with Crippen molar-refractivity contribution in [1.29, 1.82) is 0 Å². The van der Waals surface area contributed by atoms with E-state index in [4.69, 9.17) is 5.73 Å². The Bertz CT molecular complexity index is 658. The van der Waals surface area contributed by atoms with Gasteiger partial charge >= 0.3 is 0 Å². The summed E-state index contributed by atoms with van der Waals surface area (Å²) in [6, 6.07) is 5.27. The molecule has 1 aliphatic rings. The van der Waals surface area contributed by atoms with Crippen LogP contribution < -0.4 is 15.8 Å². The van der Waals surface area contributed by atoms with Crippen molar-refractivity contribution in [3.63, 3.8) is 0 Å². The molecule has 2 rings (SSSR count). The molecule has 0 bridgehead atoms. The van der Waals surface area contributed by atoms with Crippen LogP contribution in [0, 0.1) is 12.8 Å². The van der Waals surface area contributed by atoms with E-state index in [9.17, 15) is 13.2 Å². The first-order chi connectivity index (χ1) is 10.2. The molecule has 22 heavy (non-hydrogen) atoms. The summed E-state index contributed by atoms with van der Waals surface area (Å²) in [6.45, 7) is 1.89. The normalized spacial score (nSPS) is 22.1. The molecule has 0 saturated heterocycles. The maximum absolute atomic E-state index is 12.4. The number of hydrogen-bond donors (Lipinski definition) is 3. The van der Waals surface area contributed by atoms with Crippen LogP contribution in [-0.4, -0.2) is 26.6 Å². The van der Waals surface area contributed by atoms with E-state index in [2.05, 4.69) is 10.0 Å². The van der Waals surface area contributed by atoms with Crippen molar-refractivity contribution in [1.82, 2.24) is 0 Å². The first-order valence-electron chi connectivity index (χ1n) is 7.39. The highest BCUT2D eigenvalue weighted by atomic mass is 32.2. The summed E-state index contributed by atoms with van der Waals surface area (Å²) in [5.74, 6) is -0.215. The minimum atomic E-state index is -3.40.